The number of hydrogen-bond acceptors (Lipinski definition) is 3. The Hall–Kier alpha value is -1.66. The summed E-state index contributed by atoms with van der Waals surface area (Å²) >= 11 is 4.69. The lowest BCUT2D eigenvalue weighted by Crippen LogP contribution is -2.30. The molecule has 0 unspecified atom stereocenters. The summed E-state index contributed by atoms with van der Waals surface area (Å²) in [6.07, 6.45) is 0. The summed E-state index contributed by atoms with van der Waals surface area (Å²) in [4.78, 5) is 26.0. The smallest absolute Gasteiger partial charge is 0.312 e. The Morgan fingerprint density at radius 2 is 2.05 bits per heavy atom. The van der Waals surface area contributed by atoms with Gasteiger partial charge in [0.2, 0.25) is 0 Å². The van der Waals surface area contributed by atoms with Gasteiger partial charge in [-0.25, -0.2) is 0 Å². The molecule has 2 heterocycles. The molecular weight excluding hydrogens is 342 g/mol. The van der Waals surface area contributed by atoms with Gasteiger partial charge in [-0.15, -0.1) is 11.3 Å². The van der Waals surface area contributed by atoms with E-state index in [9.17, 15) is 14.7 Å². The third-order valence-electron chi connectivity index (χ3n) is 3.32. The Morgan fingerprint density at radius 3 is 2.70 bits per heavy atom. The van der Waals surface area contributed by atoms with Crippen LogP contribution < -0.4 is 4.90 Å². The molecule has 102 valence electrons. The number of carboxylic acids is 1. The van der Waals surface area contributed by atoms with Crippen LogP contribution in [0.2, 0.25) is 0 Å². The molecule has 2 aromatic rings. The van der Waals surface area contributed by atoms with E-state index in [0.717, 1.165) is 4.47 Å². The highest BCUT2D eigenvalue weighted by Crippen LogP contribution is 2.38. The number of nitrogens with zero attached hydrogens (tertiary/aromatic N) is 1. The molecule has 3 rings (SSSR count). The van der Waals surface area contributed by atoms with Crippen molar-refractivity contribution < 1.29 is 14.7 Å². The number of rotatable bonds is 2. The summed E-state index contributed by atoms with van der Waals surface area (Å²) in [6.45, 7) is 0.178. The van der Waals surface area contributed by atoms with E-state index in [1.165, 1.54) is 11.3 Å². The number of benzene rings is 1. The van der Waals surface area contributed by atoms with Gasteiger partial charge in [-0.1, -0.05) is 18.2 Å². The lowest BCUT2D eigenvalue weighted by Gasteiger charge is -2.16. The van der Waals surface area contributed by atoms with Crippen molar-refractivity contribution in [1.82, 2.24) is 0 Å². The average molecular weight is 352 g/mol. The summed E-state index contributed by atoms with van der Waals surface area (Å²) in [5, 5.41) is 11.1. The van der Waals surface area contributed by atoms with Crippen molar-refractivity contribution in [2.45, 2.75) is 5.92 Å². The second-order valence-electron chi connectivity index (χ2n) is 4.46. The van der Waals surface area contributed by atoms with Crippen LogP contribution in [0.4, 0.5) is 5.69 Å². The Labute approximate surface area is 127 Å². The molecule has 20 heavy (non-hydrogen) atoms. The first kappa shape index (κ1) is 13.3. The Bertz CT molecular complexity index is 697. The van der Waals surface area contributed by atoms with Gasteiger partial charge in [0.15, 0.2) is 0 Å². The summed E-state index contributed by atoms with van der Waals surface area (Å²) in [6, 6.07) is 8.98. The van der Waals surface area contributed by atoms with Gasteiger partial charge in [0, 0.05) is 16.7 Å². The zero-order valence-electron chi connectivity index (χ0n) is 10.2. The molecule has 0 radical (unpaired) electrons. The van der Waals surface area contributed by atoms with E-state index < -0.39 is 11.9 Å². The normalized spacial score (nSPS) is 17.1. The molecule has 1 aromatic carbocycles. The number of fused-ring (bicyclic) bond motifs is 1. The monoisotopic (exact) mass is 351 g/mol. The molecule has 0 fully saturated rings. The number of thiophene rings is 1. The van der Waals surface area contributed by atoms with E-state index in [2.05, 4.69) is 15.9 Å². The fourth-order valence-corrected chi connectivity index (χ4v) is 3.87. The quantitative estimate of drug-likeness (QED) is 0.902. The van der Waals surface area contributed by atoms with E-state index in [1.54, 1.807) is 23.1 Å². The van der Waals surface area contributed by atoms with Crippen LogP contribution in [0.15, 0.2) is 40.2 Å². The molecule has 1 atom stereocenters. The van der Waals surface area contributed by atoms with Crippen LogP contribution >= 0.6 is 27.3 Å². The summed E-state index contributed by atoms with van der Waals surface area (Å²) in [5.41, 5.74) is 1.38. The van der Waals surface area contributed by atoms with Crippen LogP contribution in [0.25, 0.3) is 0 Å². The molecule has 0 spiro atoms. The number of amides is 1. The van der Waals surface area contributed by atoms with Crippen molar-refractivity contribution in [2.75, 3.05) is 11.4 Å². The first-order valence-corrected chi connectivity index (χ1v) is 7.63. The SMILES string of the molecule is O=C(O)[C@H]1CN(C(=O)c2sccc2Br)c2ccccc21. The van der Waals surface area contributed by atoms with Crippen LogP contribution in [0, 0.1) is 0 Å². The van der Waals surface area contributed by atoms with Crippen molar-refractivity contribution in [2.24, 2.45) is 0 Å². The second kappa shape index (κ2) is 5.03. The van der Waals surface area contributed by atoms with E-state index in [-0.39, 0.29) is 12.5 Å². The molecule has 1 amide bonds. The molecule has 1 aliphatic rings. The van der Waals surface area contributed by atoms with Crippen molar-refractivity contribution in [3.63, 3.8) is 0 Å². The molecule has 1 N–H and O–H groups in total. The predicted octanol–water partition coefficient (Wildman–Crippen LogP) is 3.34. The zero-order valence-corrected chi connectivity index (χ0v) is 12.6. The lowest BCUT2D eigenvalue weighted by atomic mass is 10.0. The standard InChI is InChI=1S/C14H10BrNO3S/c15-10-5-6-20-12(10)13(17)16-7-9(14(18)19)8-3-1-2-4-11(8)16/h1-6,9H,7H2,(H,18,19)/t9-/m0/s1. The maximum absolute atomic E-state index is 12.6. The number of para-hydroxylation sites is 1. The van der Waals surface area contributed by atoms with Gasteiger partial charge in [0.05, 0.1) is 0 Å². The van der Waals surface area contributed by atoms with E-state index in [4.69, 9.17) is 0 Å². The van der Waals surface area contributed by atoms with Gasteiger partial charge in [-0.05, 0) is 39.0 Å². The molecule has 6 heteroatoms. The Kier molecular flexibility index (Phi) is 3.35. The van der Waals surface area contributed by atoms with Crippen LogP contribution in [-0.2, 0) is 4.79 Å². The van der Waals surface area contributed by atoms with Gasteiger partial charge in [-0.3, -0.25) is 9.59 Å². The van der Waals surface area contributed by atoms with E-state index in [1.807, 2.05) is 17.5 Å². The van der Waals surface area contributed by atoms with Crippen LogP contribution in [-0.4, -0.2) is 23.5 Å². The third-order valence-corrected chi connectivity index (χ3v) is 5.15. The predicted molar refractivity (Wildman–Crippen MR) is 80.5 cm³/mol. The minimum absolute atomic E-state index is 0.164. The average Bonchev–Trinajstić information content (AvgIpc) is 3.01. The molecule has 0 bridgehead atoms. The number of carbonyl (C=O) groups excluding carboxylic acids is 1. The lowest BCUT2D eigenvalue weighted by molar-refractivity contribution is -0.138. The number of aliphatic carboxylic acids is 1. The first-order valence-electron chi connectivity index (χ1n) is 5.96. The minimum Gasteiger partial charge on any atom is -0.481 e. The van der Waals surface area contributed by atoms with Crippen molar-refractivity contribution in [3.8, 4) is 0 Å². The molecule has 0 saturated heterocycles. The van der Waals surface area contributed by atoms with E-state index >= 15 is 0 Å². The van der Waals surface area contributed by atoms with Crippen molar-refractivity contribution >= 4 is 44.8 Å². The van der Waals surface area contributed by atoms with E-state index in [0.29, 0.717) is 16.1 Å². The van der Waals surface area contributed by atoms with Crippen LogP contribution in [0.1, 0.15) is 21.2 Å². The fourth-order valence-electron chi connectivity index (χ4n) is 2.38. The molecule has 1 aliphatic heterocycles. The molecule has 1 aromatic heterocycles. The topological polar surface area (TPSA) is 57.6 Å². The summed E-state index contributed by atoms with van der Waals surface area (Å²) in [5.74, 6) is -1.73. The van der Waals surface area contributed by atoms with Gasteiger partial charge in [0.25, 0.3) is 5.91 Å². The highest BCUT2D eigenvalue weighted by Gasteiger charge is 2.37. The highest BCUT2D eigenvalue weighted by atomic mass is 79.9. The molecule has 0 aliphatic carbocycles. The molecule has 0 saturated carbocycles. The maximum Gasteiger partial charge on any atom is 0.312 e. The summed E-state index contributed by atoms with van der Waals surface area (Å²) < 4.78 is 0.740. The highest BCUT2D eigenvalue weighted by molar-refractivity contribution is 9.10. The zero-order chi connectivity index (χ0) is 14.3. The number of hydrogen-bond donors (Lipinski definition) is 1. The minimum atomic E-state index is -0.905. The van der Waals surface area contributed by atoms with Gasteiger partial charge >= 0.3 is 5.97 Å². The Morgan fingerprint density at radius 1 is 1.30 bits per heavy atom. The largest absolute Gasteiger partial charge is 0.481 e. The Balaban J connectivity index is 2.03. The number of halogens is 1. The number of carboxylic acid groups (broad SMARTS) is 1. The fraction of sp³-hybridized carbons (Fsp3) is 0.143. The van der Waals surface area contributed by atoms with Gasteiger partial charge < -0.3 is 10.0 Å². The summed E-state index contributed by atoms with van der Waals surface area (Å²) in [7, 11) is 0. The van der Waals surface area contributed by atoms with Crippen LogP contribution in [0.3, 0.4) is 0 Å². The first-order chi connectivity index (χ1) is 9.59. The second-order valence-corrected chi connectivity index (χ2v) is 6.23. The van der Waals surface area contributed by atoms with Gasteiger partial charge in [0.1, 0.15) is 10.8 Å². The third kappa shape index (κ3) is 2.05. The van der Waals surface area contributed by atoms with Gasteiger partial charge in [-0.2, -0.15) is 0 Å². The molecule has 4 nitrogen and oxygen atoms in total. The number of anilines is 1. The number of carbonyl (C=O) groups is 2. The molecular formula is C14H10BrNO3S. The van der Waals surface area contributed by atoms with Crippen molar-refractivity contribution in [1.29, 1.82) is 0 Å². The van der Waals surface area contributed by atoms with Crippen molar-refractivity contribution in [3.05, 3.63) is 50.6 Å². The van der Waals surface area contributed by atoms with Crippen LogP contribution in [0.5, 0.6) is 0 Å². The maximum atomic E-state index is 12.6.